The van der Waals surface area contributed by atoms with Crippen LogP contribution in [0.1, 0.15) is 38.8 Å². The second-order valence-electron chi connectivity index (χ2n) is 5.44. The average Bonchev–Trinajstić information content (AvgIpc) is 2.37. The van der Waals surface area contributed by atoms with Gasteiger partial charge in [0.1, 0.15) is 5.60 Å². The highest BCUT2D eigenvalue weighted by molar-refractivity contribution is 6.17. The van der Waals surface area contributed by atoms with E-state index in [4.69, 9.17) is 21.1 Å². The van der Waals surface area contributed by atoms with Crippen molar-refractivity contribution < 1.29 is 19.1 Å². The van der Waals surface area contributed by atoms with E-state index in [0.29, 0.717) is 0 Å². The second kappa shape index (κ2) is 7.88. The van der Waals surface area contributed by atoms with Gasteiger partial charge in [0.2, 0.25) is 0 Å². The molecule has 1 rings (SSSR count). The van der Waals surface area contributed by atoms with E-state index in [9.17, 15) is 9.59 Å². The first-order valence-corrected chi connectivity index (χ1v) is 7.11. The van der Waals surface area contributed by atoms with E-state index in [-0.39, 0.29) is 12.5 Å². The standard InChI is InChI=1S/C15H20ClNO4/c1-15(2,3)21-14(19)17-12(9-13(18)20-10-16)11-7-5-4-6-8-11/h4-8,12H,9-10H2,1-3H3,(H,17,19)/t12-/m1/s1. The molecule has 0 aromatic heterocycles. The maximum Gasteiger partial charge on any atom is 0.408 e. The number of alkyl halides is 1. The maximum atomic E-state index is 11.9. The van der Waals surface area contributed by atoms with Crippen LogP contribution in [0, 0.1) is 0 Å². The number of amides is 1. The van der Waals surface area contributed by atoms with Crippen LogP contribution in [0.15, 0.2) is 30.3 Å². The Morgan fingerprint density at radius 1 is 1.24 bits per heavy atom. The fourth-order valence-corrected chi connectivity index (χ4v) is 1.80. The molecule has 0 radical (unpaired) electrons. The number of carbonyl (C=O) groups is 2. The van der Waals surface area contributed by atoms with Gasteiger partial charge in [-0.15, -0.1) is 0 Å². The van der Waals surface area contributed by atoms with Gasteiger partial charge in [-0.05, 0) is 26.3 Å². The van der Waals surface area contributed by atoms with E-state index < -0.39 is 23.7 Å². The van der Waals surface area contributed by atoms with Gasteiger partial charge < -0.3 is 14.8 Å². The third-order valence-corrected chi connectivity index (χ3v) is 2.59. The van der Waals surface area contributed by atoms with Crippen molar-refractivity contribution in [3.63, 3.8) is 0 Å². The molecule has 1 N–H and O–H groups in total. The van der Waals surface area contributed by atoms with Crippen LogP contribution >= 0.6 is 11.6 Å². The molecule has 1 aromatic rings. The molecule has 0 fully saturated rings. The van der Waals surface area contributed by atoms with Gasteiger partial charge in [0.05, 0.1) is 12.5 Å². The minimum Gasteiger partial charge on any atom is -0.449 e. The number of nitrogens with one attached hydrogen (secondary N) is 1. The van der Waals surface area contributed by atoms with Gasteiger partial charge in [0.25, 0.3) is 0 Å². The number of halogens is 1. The number of alkyl carbamates (subject to hydrolysis) is 1. The molecule has 0 aliphatic carbocycles. The third kappa shape index (κ3) is 6.99. The van der Waals surface area contributed by atoms with Crippen LogP contribution in [0.3, 0.4) is 0 Å². The summed E-state index contributed by atoms with van der Waals surface area (Å²) in [6.45, 7) is 5.31. The topological polar surface area (TPSA) is 64.6 Å². The van der Waals surface area contributed by atoms with Crippen molar-refractivity contribution in [3.8, 4) is 0 Å². The molecule has 1 aromatic carbocycles. The van der Waals surface area contributed by atoms with Crippen LogP contribution in [-0.4, -0.2) is 23.7 Å². The van der Waals surface area contributed by atoms with Crippen molar-refractivity contribution in [1.82, 2.24) is 5.32 Å². The largest absolute Gasteiger partial charge is 0.449 e. The number of benzene rings is 1. The zero-order valence-electron chi connectivity index (χ0n) is 12.4. The molecule has 5 nitrogen and oxygen atoms in total. The molecule has 0 spiro atoms. The normalized spacial score (nSPS) is 12.4. The molecule has 21 heavy (non-hydrogen) atoms. The first-order valence-electron chi connectivity index (χ1n) is 6.58. The Bertz CT molecular complexity index is 470. The molecule has 1 amide bonds. The Labute approximate surface area is 129 Å². The molecule has 6 heteroatoms. The molecular formula is C15H20ClNO4. The van der Waals surface area contributed by atoms with Crippen molar-refractivity contribution in [2.24, 2.45) is 0 Å². The van der Waals surface area contributed by atoms with E-state index in [2.05, 4.69) is 5.32 Å². The van der Waals surface area contributed by atoms with E-state index in [1.54, 1.807) is 20.8 Å². The summed E-state index contributed by atoms with van der Waals surface area (Å²) in [6.07, 6.45) is -0.606. The van der Waals surface area contributed by atoms with Gasteiger partial charge in [-0.25, -0.2) is 4.79 Å². The van der Waals surface area contributed by atoms with Gasteiger partial charge in [-0.3, -0.25) is 4.79 Å². The number of hydrogen-bond donors (Lipinski definition) is 1. The van der Waals surface area contributed by atoms with Crippen molar-refractivity contribution in [1.29, 1.82) is 0 Å². The Kier molecular flexibility index (Phi) is 6.49. The minimum atomic E-state index is -0.609. The fourth-order valence-electron chi connectivity index (χ4n) is 1.67. The van der Waals surface area contributed by atoms with Gasteiger partial charge in [-0.2, -0.15) is 0 Å². The van der Waals surface area contributed by atoms with Crippen LogP contribution in [-0.2, 0) is 14.3 Å². The van der Waals surface area contributed by atoms with Gasteiger partial charge in [0, 0.05) is 0 Å². The lowest BCUT2D eigenvalue weighted by atomic mass is 10.0. The molecule has 1 atom stereocenters. The molecule has 0 aliphatic heterocycles. The zero-order valence-corrected chi connectivity index (χ0v) is 13.1. The molecule has 0 unspecified atom stereocenters. The van der Waals surface area contributed by atoms with Crippen LogP contribution in [0.25, 0.3) is 0 Å². The highest BCUT2D eigenvalue weighted by Gasteiger charge is 2.22. The van der Waals surface area contributed by atoms with Crippen LogP contribution in [0.2, 0.25) is 0 Å². The summed E-state index contributed by atoms with van der Waals surface area (Å²) in [5.41, 5.74) is 0.178. The molecule has 0 saturated heterocycles. The summed E-state index contributed by atoms with van der Waals surface area (Å²) in [5.74, 6) is -0.491. The summed E-state index contributed by atoms with van der Waals surface area (Å²) in [4.78, 5) is 23.5. The van der Waals surface area contributed by atoms with Crippen LogP contribution in [0.4, 0.5) is 4.79 Å². The highest BCUT2D eigenvalue weighted by Crippen LogP contribution is 2.18. The van der Waals surface area contributed by atoms with Crippen LogP contribution < -0.4 is 5.32 Å². The maximum absolute atomic E-state index is 11.9. The van der Waals surface area contributed by atoms with Crippen molar-refractivity contribution in [2.45, 2.75) is 38.8 Å². The number of ether oxygens (including phenoxy) is 2. The third-order valence-electron chi connectivity index (χ3n) is 2.48. The van der Waals surface area contributed by atoms with Crippen molar-refractivity contribution in [3.05, 3.63) is 35.9 Å². The average molecular weight is 314 g/mol. The first kappa shape index (κ1) is 17.3. The number of hydrogen-bond acceptors (Lipinski definition) is 4. The zero-order chi connectivity index (χ0) is 15.9. The SMILES string of the molecule is CC(C)(C)OC(=O)N[C@H](CC(=O)OCCl)c1ccccc1. The van der Waals surface area contributed by atoms with Gasteiger partial charge in [0.15, 0.2) is 6.07 Å². The minimum absolute atomic E-state index is 0.0179. The lowest BCUT2D eigenvalue weighted by Crippen LogP contribution is -2.36. The summed E-state index contributed by atoms with van der Waals surface area (Å²) in [6, 6.07) is 8.39. The second-order valence-corrected chi connectivity index (χ2v) is 5.66. The Morgan fingerprint density at radius 2 is 1.86 bits per heavy atom. The van der Waals surface area contributed by atoms with E-state index >= 15 is 0 Å². The number of carbonyl (C=O) groups excluding carboxylic acids is 2. The first-order chi connectivity index (χ1) is 9.81. The molecule has 0 aliphatic rings. The van der Waals surface area contributed by atoms with Gasteiger partial charge in [-0.1, -0.05) is 41.9 Å². The lowest BCUT2D eigenvalue weighted by Gasteiger charge is -2.23. The van der Waals surface area contributed by atoms with Crippen molar-refractivity contribution >= 4 is 23.7 Å². The number of esters is 1. The van der Waals surface area contributed by atoms with Gasteiger partial charge >= 0.3 is 12.1 Å². The summed E-state index contributed by atoms with van der Waals surface area (Å²) < 4.78 is 9.91. The molecule has 0 heterocycles. The lowest BCUT2D eigenvalue weighted by molar-refractivity contribution is -0.142. The smallest absolute Gasteiger partial charge is 0.408 e. The molecule has 116 valence electrons. The predicted molar refractivity (Wildman–Crippen MR) is 80.0 cm³/mol. The predicted octanol–water partition coefficient (Wildman–Crippen LogP) is 3.38. The van der Waals surface area contributed by atoms with Crippen LogP contribution in [0.5, 0.6) is 0 Å². The Balaban J connectivity index is 2.78. The monoisotopic (exact) mass is 313 g/mol. The Hall–Kier alpha value is -1.75. The van der Waals surface area contributed by atoms with E-state index in [1.165, 1.54) is 0 Å². The summed E-state index contributed by atoms with van der Waals surface area (Å²) in [7, 11) is 0. The highest BCUT2D eigenvalue weighted by atomic mass is 35.5. The quantitative estimate of drug-likeness (QED) is 0.668. The summed E-state index contributed by atoms with van der Waals surface area (Å²) >= 11 is 5.36. The fraction of sp³-hybridized carbons (Fsp3) is 0.467. The van der Waals surface area contributed by atoms with E-state index in [1.807, 2.05) is 30.3 Å². The molecule has 0 saturated carbocycles. The Morgan fingerprint density at radius 3 is 2.38 bits per heavy atom. The molecular weight excluding hydrogens is 294 g/mol. The molecule has 0 bridgehead atoms. The van der Waals surface area contributed by atoms with Crippen molar-refractivity contribution in [2.75, 3.05) is 6.07 Å². The number of rotatable bonds is 5. The van der Waals surface area contributed by atoms with E-state index in [0.717, 1.165) is 5.56 Å². The summed E-state index contributed by atoms with van der Waals surface area (Å²) in [5, 5.41) is 2.67.